The van der Waals surface area contributed by atoms with Gasteiger partial charge in [0.05, 0.1) is 17.3 Å². The van der Waals surface area contributed by atoms with Crippen molar-refractivity contribution < 1.29 is 5.11 Å². The molecule has 5 heteroatoms. The minimum atomic E-state index is -0.572. The highest BCUT2D eigenvalue weighted by Crippen LogP contribution is 2.24. The predicted molar refractivity (Wildman–Crippen MR) is 74.9 cm³/mol. The summed E-state index contributed by atoms with van der Waals surface area (Å²) in [5.41, 5.74) is 1.75. The molecule has 0 saturated carbocycles. The second-order valence-corrected chi connectivity index (χ2v) is 5.19. The van der Waals surface area contributed by atoms with Crippen LogP contribution in [0.15, 0.2) is 0 Å². The Hall–Kier alpha value is -1.67. The van der Waals surface area contributed by atoms with Crippen LogP contribution in [-0.4, -0.2) is 26.9 Å². The van der Waals surface area contributed by atoms with E-state index in [1.54, 1.807) is 6.92 Å². The van der Waals surface area contributed by atoms with Gasteiger partial charge in [-0.2, -0.15) is 10.4 Å². The Labute approximate surface area is 114 Å². The minimum Gasteiger partial charge on any atom is -0.391 e. The molecule has 1 unspecified atom stereocenters. The fourth-order valence-corrected chi connectivity index (χ4v) is 1.79. The highest BCUT2D eigenvalue weighted by molar-refractivity contribution is 5.57. The third-order valence-electron chi connectivity index (χ3n) is 3.44. The lowest BCUT2D eigenvalue weighted by atomic mass is 9.97. The van der Waals surface area contributed by atoms with Crippen LogP contribution in [0.25, 0.3) is 0 Å². The van der Waals surface area contributed by atoms with Crippen molar-refractivity contribution in [2.75, 3.05) is 5.32 Å². The van der Waals surface area contributed by atoms with Crippen molar-refractivity contribution in [2.24, 2.45) is 0 Å². The van der Waals surface area contributed by atoms with E-state index >= 15 is 0 Å². The standard InChI is InChI=1S/C14H22N4O/c1-6-10-11(8-15)13(18-17-12(10)7-2)16-14(4,5)9(3)19/h9,19H,6-7H2,1-5H3,(H,16,18). The van der Waals surface area contributed by atoms with Crippen LogP contribution in [0, 0.1) is 11.3 Å². The number of nitriles is 1. The number of nitrogens with one attached hydrogen (secondary N) is 1. The van der Waals surface area contributed by atoms with Crippen LogP contribution in [-0.2, 0) is 12.8 Å². The summed E-state index contributed by atoms with van der Waals surface area (Å²) in [6.07, 6.45) is 0.924. The Morgan fingerprint density at radius 3 is 2.37 bits per heavy atom. The molecule has 0 fully saturated rings. The zero-order valence-corrected chi connectivity index (χ0v) is 12.3. The summed E-state index contributed by atoms with van der Waals surface area (Å²) in [5.74, 6) is 0.447. The Bertz CT molecular complexity index is 489. The molecule has 0 aliphatic carbocycles. The molecule has 0 bridgehead atoms. The molecule has 5 nitrogen and oxygen atoms in total. The maximum atomic E-state index is 9.74. The van der Waals surface area contributed by atoms with Crippen molar-refractivity contribution in [3.05, 3.63) is 16.8 Å². The van der Waals surface area contributed by atoms with Gasteiger partial charge in [-0.25, -0.2) is 0 Å². The summed E-state index contributed by atoms with van der Waals surface area (Å²) in [7, 11) is 0. The maximum Gasteiger partial charge on any atom is 0.167 e. The van der Waals surface area contributed by atoms with Crippen LogP contribution in [0.3, 0.4) is 0 Å². The van der Waals surface area contributed by atoms with E-state index in [1.807, 2.05) is 27.7 Å². The molecule has 2 N–H and O–H groups in total. The first-order chi connectivity index (χ1) is 8.87. The van der Waals surface area contributed by atoms with E-state index in [0.717, 1.165) is 24.1 Å². The van der Waals surface area contributed by atoms with Crippen LogP contribution in [0.2, 0.25) is 0 Å². The first-order valence-corrected chi connectivity index (χ1v) is 6.62. The Morgan fingerprint density at radius 1 is 1.32 bits per heavy atom. The zero-order valence-electron chi connectivity index (χ0n) is 12.3. The molecule has 1 aromatic heterocycles. The number of nitrogens with zero attached hydrogens (tertiary/aromatic N) is 3. The molecule has 0 saturated heterocycles. The molecular formula is C14H22N4O. The predicted octanol–water partition coefficient (Wildman–Crippen LogP) is 2.04. The van der Waals surface area contributed by atoms with Crippen LogP contribution >= 0.6 is 0 Å². The van der Waals surface area contributed by atoms with Crippen LogP contribution < -0.4 is 5.32 Å². The smallest absolute Gasteiger partial charge is 0.167 e. The topological polar surface area (TPSA) is 81.8 Å². The lowest BCUT2D eigenvalue weighted by molar-refractivity contribution is 0.133. The van der Waals surface area contributed by atoms with Gasteiger partial charge >= 0.3 is 0 Å². The van der Waals surface area contributed by atoms with Gasteiger partial charge in [-0.15, -0.1) is 5.10 Å². The van der Waals surface area contributed by atoms with Gasteiger partial charge in [0, 0.05) is 0 Å². The fourth-order valence-electron chi connectivity index (χ4n) is 1.79. The quantitative estimate of drug-likeness (QED) is 0.848. The highest BCUT2D eigenvalue weighted by atomic mass is 16.3. The lowest BCUT2D eigenvalue weighted by Gasteiger charge is -2.30. The number of hydrogen-bond donors (Lipinski definition) is 2. The molecule has 0 aromatic carbocycles. The van der Waals surface area contributed by atoms with Crippen LogP contribution in [0.5, 0.6) is 0 Å². The SMILES string of the molecule is CCc1nnc(NC(C)(C)C(C)O)c(C#N)c1CC. The Kier molecular flexibility index (Phi) is 4.84. The molecular weight excluding hydrogens is 240 g/mol. The molecule has 19 heavy (non-hydrogen) atoms. The number of anilines is 1. The number of aliphatic hydroxyl groups is 1. The third-order valence-corrected chi connectivity index (χ3v) is 3.44. The maximum absolute atomic E-state index is 9.74. The van der Waals surface area contributed by atoms with Crippen molar-refractivity contribution >= 4 is 5.82 Å². The number of aryl methyl sites for hydroxylation is 1. The highest BCUT2D eigenvalue weighted by Gasteiger charge is 2.26. The number of aromatic nitrogens is 2. The largest absolute Gasteiger partial charge is 0.391 e. The van der Waals surface area contributed by atoms with E-state index in [-0.39, 0.29) is 0 Å². The van der Waals surface area contributed by atoms with Gasteiger partial charge < -0.3 is 10.4 Å². The first-order valence-electron chi connectivity index (χ1n) is 6.62. The van der Waals surface area contributed by atoms with E-state index in [9.17, 15) is 10.4 Å². The molecule has 0 aliphatic rings. The second kappa shape index (κ2) is 5.98. The third kappa shape index (κ3) is 3.21. The van der Waals surface area contributed by atoms with E-state index in [4.69, 9.17) is 0 Å². The van der Waals surface area contributed by atoms with E-state index < -0.39 is 11.6 Å². The van der Waals surface area contributed by atoms with Crippen molar-refractivity contribution in [3.8, 4) is 6.07 Å². The van der Waals surface area contributed by atoms with Crippen molar-refractivity contribution in [1.29, 1.82) is 5.26 Å². The second-order valence-electron chi connectivity index (χ2n) is 5.19. The van der Waals surface area contributed by atoms with Gasteiger partial charge in [0.2, 0.25) is 0 Å². The van der Waals surface area contributed by atoms with Gasteiger partial charge in [0.15, 0.2) is 5.82 Å². The molecule has 104 valence electrons. The van der Waals surface area contributed by atoms with Crippen molar-refractivity contribution in [2.45, 2.75) is 59.1 Å². The summed E-state index contributed by atoms with van der Waals surface area (Å²) in [6, 6.07) is 2.20. The van der Waals surface area contributed by atoms with Crippen LogP contribution in [0.1, 0.15) is 51.4 Å². The zero-order chi connectivity index (χ0) is 14.6. The van der Waals surface area contributed by atoms with E-state index in [2.05, 4.69) is 21.6 Å². The fraction of sp³-hybridized carbons (Fsp3) is 0.643. The van der Waals surface area contributed by atoms with E-state index in [0.29, 0.717) is 11.4 Å². The van der Waals surface area contributed by atoms with Crippen LogP contribution in [0.4, 0.5) is 5.82 Å². The average molecular weight is 262 g/mol. The van der Waals surface area contributed by atoms with E-state index in [1.165, 1.54) is 0 Å². The Morgan fingerprint density at radius 2 is 1.95 bits per heavy atom. The molecule has 1 heterocycles. The van der Waals surface area contributed by atoms with Gasteiger partial charge in [-0.05, 0) is 39.2 Å². The molecule has 1 rings (SSSR count). The molecule has 0 aliphatic heterocycles. The summed E-state index contributed by atoms with van der Waals surface area (Å²) in [5, 5.41) is 30.5. The molecule has 0 spiro atoms. The molecule has 1 aromatic rings. The van der Waals surface area contributed by atoms with Gasteiger partial charge in [0.1, 0.15) is 11.6 Å². The number of rotatable bonds is 5. The lowest BCUT2D eigenvalue weighted by Crippen LogP contribution is -2.42. The molecule has 0 radical (unpaired) electrons. The summed E-state index contributed by atoms with van der Waals surface area (Å²) in [6.45, 7) is 9.42. The average Bonchev–Trinajstić information content (AvgIpc) is 2.37. The molecule has 0 amide bonds. The van der Waals surface area contributed by atoms with Crippen molar-refractivity contribution in [3.63, 3.8) is 0 Å². The molecule has 1 atom stereocenters. The van der Waals surface area contributed by atoms with Gasteiger partial charge in [-0.1, -0.05) is 13.8 Å². The minimum absolute atomic E-state index is 0.447. The normalized spacial score (nSPS) is 12.9. The van der Waals surface area contributed by atoms with Gasteiger partial charge in [0.25, 0.3) is 0 Å². The number of hydrogen-bond acceptors (Lipinski definition) is 5. The summed E-state index contributed by atoms with van der Waals surface area (Å²) < 4.78 is 0. The Balaban J connectivity index is 3.27. The van der Waals surface area contributed by atoms with Gasteiger partial charge in [-0.3, -0.25) is 0 Å². The monoisotopic (exact) mass is 262 g/mol. The first kappa shape index (κ1) is 15.4. The summed E-state index contributed by atoms with van der Waals surface area (Å²) >= 11 is 0. The van der Waals surface area contributed by atoms with Crippen molar-refractivity contribution in [1.82, 2.24) is 10.2 Å². The number of aliphatic hydroxyl groups excluding tert-OH is 1. The summed E-state index contributed by atoms with van der Waals surface area (Å²) in [4.78, 5) is 0.